The second-order valence-electron chi connectivity index (χ2n) is 8.40. The molecule has 0 unspecified atom stereocenters. The molecule has 8 nitrogen and oxygen atoms in total. The summed E-state index contributed by atoms with van der Waals surface area (Å²) in [5, 5.41) is 7.85. The molecule has 41 heavy (non-hydrogen) atoms. The van der Waals surface area contributed by atoms with Crippen LogP contribution < -0.4 is 15.4 Å². The fourth-order valence-electron chi connectivity index (χ4n) is 3.66. The number of pyridine rings is 1. The Bertz CT molecular complexity index is 1570. The molecule has 2 heterocycles. The van der Waals surface area contributed by atoms with Crippen molar-refractivity contribution in [1.82, 2.24) is 9.88 Å². The summed E-state index contributed by atoms with van der Waals surface area (Å²) < 4.78 is 5.41. The van der Waals surface area contributed by atoms with Gasteiger partial charge in [-0.05, 0) is 54.4 Å². The minimum atomic E-state index is -0.582. The first kappa shape index (κ1) is 30.7. The third-order valence-corrected chi connectivity index (χ3v) is 8.65. The van der Waals surface area contributed by atoms with Crippen LogP contribution in [0.3, 0.4) is 0 Å². The lowest BCUT2D eigenvalue weighted by Crippen LogP contribution is -2.26. The number of hydrogen-bond acceptors (Lipinski definition) is 7. The molecule has 0 fully saturated rings. The summed E-state index contributed by atoms with van der Waals surface area (Å²) >= 11 is 21.0. The molecule has 2 aromatic heterocycles. The van der Waals surface area contributed by atoms with Gasteiger partial charge in [0.05, 0.1) is 28.4 Å². The third-order valence-electron chi connectivity index (χ3n) is 5.70. The van der Waals surface area contributed by atoms with E-state index in [1.807, 2.05) is 37.3 Å². The van der Waals surface area contributed by atoms with E-state index >= 15 is 0 Å². The van der Waals surface area contributed by atoms with Crippen LogP contribution in [0, 0.1) is 0 Å². The topological polar surface area (TPSA) is 101 Å². The molecular formula is C28H23Cl3N4O4S2. The Morgan fingerprint density at radius 3 is 2.41 bits per heavy atom. The Morgan fingerprint density at radius 2 is 1.76 bits per heavy atom. The number of thioether (sulfide) groups is 1. The number of methoxy groups -OCH3 is 1. The number of benzene rings is 2. The van der Waals surface area contributed by atoms with Crippen LogP contribution >= 0.6 is 57.9 Å². The van der Waals surface area contributed by atoms with Crippen LogP contribution in [0.1, 0.15) is 32.5 Å². The summed E-state index contributed by atoms with van der Waals surface area (Å²) in [7, 11) is 1.39. The summed E-state index contributed by atoms with van der Waals surface area (Å²) in [5.74, 6) is -0.712. The van der Waals surface area contributed by atoms with Crippen LogP contribution in [-0.4, -0.2) is 40.6 Å². The highest BCUT2D eigenvalue weighted by Crippen LogP contribution is 2.36. The molecule has 13 heteroatoms. The maximum atomic E-state index is 13.4. The highest BCUT2D eigenvalue weighted by molar-refractivity contribution is 8.13. The van der Waals surface area contributed by atoms with Gasteiger partial charge in [-0.15, -0.1) is 11.3 Å². The second kappa shape index (κ2) is 14.1. The summed E-state index contributed by atoms with van der Waals surface area (Å²) in [6, 6.07) is 15.3. The average molecular weight is 650 g/mol. The van der Waals surface area contributed by atoms with Crippen LogP contribution in [0.25, 0.3) is 0 Å². The number of ether oxygens (including phenoxy) is 1. The van der Waals surface area contributed by atoms with Crippen molar-refractivity contribution < 1.29 is 19.1 Å². The predicted molar refractivity (Wildman–Crippen MR) is 166 cm³/mol. The molecule has 2 N–H and O–H groups in total. The maximum Gasteiger partial charge on any atom is 0.286 e. The van der Waals surface area contributed by atoms with Crippen LogP contribution in [0.15, 0.2) is 71.1 Å². The molecule has 0 radical (unpaired) electrons. The smallest absolute Gasteiger partial charge is 0.286 e. The van der Waals surface area contributed by atoms with Gasteiger partial charge in [-0.1, -0.05) is 53.0 Å². The first-order chi connectivity index (χ1) is 19.7. The van der Waals surface area contributed by atoms with Crippen molar-refractivity contribution in [2.75, 3.05) is 24.3 Å². The van der Waals surface area contributed by atoms with Crippen LogP contribution in [0.4, 0.5) is 16.3 Å². The van der Waals surface area contributed by atoms with Crippen molar-refractivity contribution in [2.24, 2.45) is 0 Å². The lowest BCUT2D eigenvalue weighted by molar-refractivity contribution is 0.102. The molecule has 0 atom stereocenters. The van der Waals surface area contributed by atoms with Gasteiger partial charge in [0.1, 0.15) is 16.4 Å². The van der Waals surface area contributed by atoms with E-state index in [1.54, 1.807) is 16.3 Å². The fraction of sp³-hybridized carbons (Fsp3) is 0.143. The Morgan fingerprint density at radius 1 is 1.00 bits per heavy atom. The van der Waals surface area contributed by atoms with E-state index in [4.69, 9.17) is 39.5 Å². The summed E-state index contributed by atoms with van der Waals surface area (Å²) in [6.45, 7) is 2.55. The molecule has 3 amide bonds. The largest absolute Gasteiger partial charge is 0.494 e. The highest BCUT2D eigenvalue weighted by Gasteiger charge is 2.24. The van der Waals surface area contributed by atoms with Crippen LogP contribution in [0.2, 0.25) is 15.1 Å². The Hall–Kier alpha value is -3.28. The van der Waals surface area contributed by atoms with Crippen LogP contribution in [0.5, 0.6) is 5.75 Å². The van der Waals surface area contributed by atoms with E-state index < -0.39 is 11.8 Å². The van der Waals surface area contributed by atoms with Gasteiger partial charge >= 0.3 is 0 Å². The molecule has 212 valence electrons. The standard InChI is InChI=1S/C28H23Cl3N4O4S2/c1-3-35(28(38)41-19-7-5-4-6-8-19)14-16-15-40-25(23(16)31)27(37)34-24-20(11-18(30)12-21(24)39-2)26(36)33-22-10-9-17(29)13-32-22/h4-13,15H,3,14H2,1-2H3,(H,34,37)(H,32,33,36). The number of nitrogens with zero attached hydrogens (tertiary/aromatic N) is 2. The van der Waals surface area contributed by atoms with Gasteiger partial charge in [0.2, 0.25) is 0 Å². The third kappa shape index (κ3) is 7.72. The number of amides is 3. The van der Waals surface area contributed by atoms with E-state index in [9.17, 15) is 14.4 Å². The number of anilines is 2. The molecule has 0 bridgehead atoms. The van der Waals surface area contributed by atoms with Gasteiger partial charge < -0.3 is 20.3 Å². The second-order valence-corrected chi connectivity index (χ2v) is 11.6. The number of hydrogen-bond donors (Lipinski definition) is 2. The Kier molecular flexibility index (Phi) is 10.5. The molecular weight excluding hydrogens is 627 g/mol. The first-order valence-electron chi connectivity index (χ1n) is 12.1. The molecule has 0 saturated carbocycles. The van der Waals surface area contributed by atoms with Gasteiger partial charge in [-0.2, -0.15) is 0 Å². The summed E-state index contributed by atoms with van der Waals surface area (Å²) in [4.78, 5) is 46.2. The van der Waals surface area contributed by atoms with Crippen molar-refractivity contribution in [1.29, 1.82) is 0 Å². The van der Waals surface area contributed by atoms with E-state index in [-0.39, 0.29) is 49.5 Å². The summed E-state index contributed by atoms with van der Waals surface area (Å²) in [6.07, 6.45) is 1.39. The van der Waals surface area contributed by atoms with Gasteiger partial charge in [-0.3, -0.25) is 14.4 Å². The molecule has 2 aromatic carbocycles. The average Bonchev–Trinajstić information content (AvgIpc) is 3.33. The number of nitrogens with one attached hydrogen (secondary N) is 2. The molecule has 0 saturated heterocycles. The zero-order chi connectivity index (χ0) is 29.5. The van der Waals surface area contributed by atoms with Crippen molar-refractivity contribution in [3.63, 3.8) is 0 Å². The number of carbonyl (C=O) groups excluding carboxylic acids is 3. The molecule has 4 rings (SSSR count). The SMILES string of the molecule is CCN(Cc1csc(C(=O)Nc2c(OC)cc(Cl)cc2C(=O)Nc2ccc(Cl)cn2)c1Cl)C(=O)Sc1ccccc1. The quantitative estimate of drug-likeness (QED) is 0.177. The monoisotopic (exact) mass is 648 g/mol. The van der Waals surface area contributed by atoms with Gasteiger partial charge in [0, 0.05) is 40.8 Å². The molecule has 0 aliphatic rings. The van der Waals surface area contributed by atoms with E-state index in [1.165, 1.54) is 31.5 Å². The number of carbonyl (C=O) groups is 3. The molecule has 0 aliphatic carbocycles. The van der Waals surface area contributed by atoms with Crippen LogP contribution in [-0.2, 0) is 6.54 Å². The number of aromatic nitrogens is 1. The summed E-state index contributed by atoms with van der Waals surface area (Å²) in [5.41, 5.74) is 0.776. The molecule has 4 aromatic rings. The first-order valence-corrected chi connectivity index (χ1v) is 14.9. The van der Waals surface area contributed by atoms with Gasteiger partial charge in [-0.25, -0.2) is 4.98 Å². The lowest BCUT2D eigenvalue weighted by Gasteiger charge is -2.20. The zero-order valence-electron chi connectivity index (χ0n) is 21.7. The highest BCUT2D eigenvalue weighted by atomic mass is 35.5. The van der Waals surface area contributed by atoms with E-state index in [0.29, 0.717) is 17.1 Å². The van der Waals surface area contributed by atoms with E-state index in [0.717, 1.165) is 28.0 Å². The van der Waals surface area contributed by atoms with Crippen molar-refractivity contribution in [3.8, 4) is 5.75 Å². The van der Waals surface area contributed by atoms with Gasteiger partial charge in [0.15, 0.2) is 0 Å². The predicted octanol–water partition coefficient (Wildman–Crippen LogP) is 8.35. The van der Waals surface area contributed by atoms with Crippen molar-refractivity contribution in [2.45, 2.75) is 18.4 Å². The zero-order valence-corrected chi connectivity index (χ0v) is 25.6. The van der Waals surface area contributed by atoms with E-state index in [2.05, 4.69) is 15.6 Å². The lowest BCUT2D eigenvalue weighted by atomic mass is 10.1. The minimum absolute atomic E-state index is 0.0491. The van der Waals surface area contributed by atoms with Gasteiger partial charge in [0.25, 0.3) is 17.1 Å². The molecule has 0 spiro atoms. The van der Waals surface area contributed by atoms with Crippen molar-refractivity contribution in [3.05, 3.63) is 97.2 Å². The number of rotatable bonds is 9. The number of halogens is 3. The number of thiophene rings is 1. The fourth-order valence-corrected chi connectivity index (χ4v) is 6.04. The Labute approximate surface area is 260 Å². The normalized spacial score (nSPS) is 10.7. The van der Waals surface area contributed by atoms with Crippen molar-refractivity contribution >= 4 is 86.5 Å². The maximum absolute atomic E-state index is 13.4. The Balaban J connectivity index is 1.54. The minimum Gasteiger partial charge on any atom is -0.494 e. The molecule has 0 aliphatic heterocycles.